The van der Waals surface area contributed by atoms with Gasteiger partial charge in [-0.15, -0.1) is 0 Å². The number of carbonyl (C=O) groups excluding carboxylic acids is 1. The summed E-state index contributed by atoms with van der Waals surface area (Å²) >= 11 is 0. The average molecular weight is 326 g/mol. The van der Waals surface area contributed by atoms with Crippen molar-refractivity contribution in [1.82, 2.24) is 15.5 Å². The summed E-state index contributed by atoms with van der Waals surface area (Å²) in [7, 11) is 0. The number of carbonyl (C=O) groups is 1. The van der Waals surface area contributed by atoms with Gasteiger partial charge in [0.05, 0.1) is 0 Å². The fourth-order valence-corrected chi connectivity index (χ4v) is 1.93. The number of aromatic nitrogens is 2. The maximum Gasteiger partial charge on any atom is 0.432 e. The summed E-state index contributed by atoms with van der Waals surface area (Å²) in [5.74, 6) is -0.0674. The first-order valence-corrected chi connectivity index (χ1v) is 6.83. The van der Waals surface area contributed by atoms with Crippen LogP contribution in [-0.2, 0) is 6.18 Å². The second-order valence-electron chi connectivity index (χ2n) is 5.04. The highest BCUT2D eigenvalue weighted by molar-refractivity contribution is 6.02. The molecule has 1 aromatic heterocycles. The van der Waals surface area contributed by atoms with E-state index >= 15 is 0 Å². The molecule has 0 aliphatic carbocycles. The first kappa shape index (κ1) is 15.3. The first-order chi connectivity index (χ1) is 10.9. The molecule has 0 unspecified atom stereocenters. The fraction of sp³-hybridized carbons (Fsp3) is 0.286. The SMILES string of the molecule is O=C(Nc1ccc(OC2CNC2)cc1)c1cc(C(F)(F)F)[nH]n1. The third-order valence-electron chi connectivity index (χ3n) is 3.27. The second kappa shape index (κ2) is 5.92. The molecule has 9 heteroatoms. The quantitative estimate of drug-likeness (QED) is 0.803. The lowest BCUT2D eigenvalue weighted by atomic mass is 10.2. The fourth-order valence-electron chi connectivity index (χ4n) is 1.93. The van der Waals surface area contributed by atoms with Gasteiger partial charge in [0, 0.05) is 24.8 Å². The van der Waals surface area contributed by atoms with Gasteiger partial charge in [-0.25, -0.2) is 0 Å². The van der Waals surface area contributed by atoms with Gasteiger partial charge in [-0.3, -0.25) is 9.89 Å². The molecule has 0 saturated carbocycles. The van der Waals surface area contributed by atoms with Crippen LogP contribution in [0.25, 0.3) is 0 Å². The van der Waals surface area contributed by atoms with Crippen LogP contribution in [0, 0.1) is 0 Å². The Morgan fingerprint density at radius 3 is 2.48 bits per heavy atom. The molecular weight excluding hydrogens is 313 g/mol. The number of anilines is 1. The van der Waals surface area contributed by atoms with Gasteiger partial charge in [0.2, 0.25) is 0 Å². The number of alkyl halides is 3. The number of hydrogen-bond acceptors (Lipinski definition) is 4. The highest BCUT2D eigenvalue weighted by Crippen LogP contribution is 2.27. The molecule has 6 nitrogen and oxygen atoms in total. The van der Waals surface area contributed by atoms with Crippen molar-refractivity contribution in [2.24, 2.45) is 0 Å². The minimum Gasteiger partial charge on any atom is -0.488 e. The minimum absolute atomic E-state index is 0.139. The molecular formula is C14H13F3N4O2. The van der Waals surface area contributed by atoms with Crippen LogP contribution in [0.5, 0.6) is 5.75 Å². The summed E-state index contributed by atoms with van der Waals surface area (Å²) in [6, 6.07) is 7.24. The van der Waals surface area contributed by atoms with Crippen molar-refractivity contribution in [2.45, 2.75) is 12.3 Å². The van der Waals surface area contributed by atoms with E-state index in [1.54, 1.807) is 29.4 Å². The van der Waals surface area contributed by atoms with E-state index in [-0.39, 0.29) is 11.8 Å². The summed E-state index contributed by atoms with van der Waals surface area (Å²) < 4.78 is 43.0. The van der Waals surface area contributed by atoms with E-state index in [0.29, 0.717) is 17.5 Å². The molecule has 2 heterocycles. The third kappa shape index (κ3) is 3.62. The van der Waals surface area contributed by atoms with Crippen LogP contribution in [0.3, 0.4) is 0 Å². The Kier molecular flexibility index (Phi) is 3.95. The smallest absolute Gasteiger partial charge is 0.432 e. The number of H-pyrrole nitrogens is 1. The number of benzene rings is 1. The Bertz CT molecular complexity index is 693. The summed E-state index contributed by atoms with van der Waals surface area (Å²) in [6.07, 6.45) is -4.43. The number of ether oxygens (including phenoxy) is 1. The highest BCUT2D eigenvalue weighted by atomic mass is 19.4. The molecule has 0 radical (unpaired) electrons. The Morgan fingerprint density at radius 2 is 1.96 bits per heavy atom. The molecule has 1 saturated heterocycles. The molecule has 1 aliphatic heterocycles. The van der Waals surface area contributed by atoms with Gasteiger partial charge < -0.3 is 15.4 Å². The lowest BCUT2D eigenvalue weighted by molar-refractivity contribution is -0.141. The number of amides is 1. The molecule has 3 N–H and O–H groups in total. The molecule has 1 amide bonds. The van der Waals surface area contributed by atoms with E-state index in [1.807, 2.05) is 0 Å². The first-order valence-electron chi connectivity index (χ1n) is 6.83. The Hall–Kier alpha value is -2.55. The molecule has 0 bridgehead atoms. The lowest BCUT2D eigenvalue weighted by Gasteiger charge is -2.27. The van der Waals surface area contributed by atoms with Crippen LogP contribution in [0.4, 0.5) is 18.9 Å². The Labute approximate surface area is 129 Å². The van der Waals surface area contributed by atoms with Gasteiger partial charge in [0.1, 0.15) is 17.5 Å². The predicted molar refractivity (Wildman–Crippen MR) is 75.3 cm³/mol. The lowest BCUT2D eigenvalue weighted by Crippen LogP contribution is -2.50. The van der Waals surface area contributed by atoms with Crippen LogP contribution < -0.4 is 15.4 Å². The molecule has 2 aromatic rings. The van der Waals surface area contributed by atoms with Crippen molar-refractivity contribution in [3.63, 3.8) is 0 Å². The third-order valence-corrected chi connectivity index (χ3v) is 3.27. The zero-order valence-corrected chi connectivity index (χ0v) is 11.8. The number of nitrogens with zero attached hydrogens (tertiary/aromatic N) is 1. The summed E-state index contributed by atoms with van der Waals surface area (Å²) in [5.41, 5.74) is -0.968. The summed E-state index contributed by atoms with van der Waals surface area (Å²) in [6.45, 7) is 1.58. The van der Waals surface area contributed by atoms with Crippen LogP contribution in [0.2, 0.25) is 0 Å². The van der Waals surface area contributed by atoms with Gasteiger partial charge in [-0.05, 0) is 24.3 Å². The summed E-state index contributed by atoms with van der Waals surface area (Å²) in [5, 5.41) is 10.7. The van der Waals surface area contributed by atoms with Crippen LogP contribution in [-0.4, -0.2) is 35.3 Å². The van der Waals surface area contributed by atoms with Crippen molar-refractivity contribution in [1.29, 1.82) is 0 Å². The maximum absolute atomic E-state index is 12.5. The number of aromatic amines is 1. The van der Waals surface area contributed by atoms with Crippen molar-refractivity contribution in [2.75, 3.05) is 18.4 Å². The topological polar surface area (TPSA) is 79.0 Å². The van der Waals surface area contributed by atoms with Crippen LogP contribution in [0.15, 0.2) is 30.3 Å². The van der Waals surface area contributed by atoms with E-state index < -0.39 is 17.8 Å². The van der Waals surface area contributed by atoms with E-state index in [1.165, 1.54) is 0 Å². The van der Waals surface area contributed by atoms with Crippen LogP contribution >= 0.6 is 0 Å². The van der Waals surface area contributed by atoms with Crippen molar-refractivity contribution in [3.05, 3.63) is 41.7 Å². The zero-order chi connectivity index (χ0) is 16.4. The van der Waals surface area contributed by atoms with Gasteiger partial charge in [-0.2, -0.15) is 18.3 Å². The van der Waals surface area contributed by atoms with E-state index in [9.17, 15) is 18.0 Å². The predicted octanol–water partition coefficient (Wildman–Crippen LogP) is 2.03. The molecule has 1 aliphatic rings. The highest BCUT2D eigenvalue weighted by Gasteiger charge is 2.33. The molecule has 1 fully saturated rings. The van der Waals surface area contributed by atoms with Crippen molar-refractivity contribution >= 4 is 11.6 Å². The molecule has 1 aromatic carbocycles. The van der Waals surface area contributed by atoms with E-state index in [2.05, 4.69) is 15.7 Å². The van der Waals surface area contributed by atoms with Crippen LogP contribution in [0.1, 0.15) is 16.2 Å². The molecule has 23 heavy (non-hydrogen) atoms. The monoisotopic (exact) mass is 326 g/mol. The molecule has 0 spiro atoms. The normalized spacial score (nSPS) is 15.1. The zero-order valence-electron chi connectivity index (χ0n) is 11.8. The van der Waals surface area contributed by atoms with E-state index in [0.717, 1.165) is 13.1 Å². The van der Waals surface area contributed by atoms with Gasteiger partial charge >= 0.3 is 6.18 Å². The second-order valence-corrected chi connectivity index (χ2v) is 5.04. The van der Waals surface area contributed by atoms with E-state index in [4.69, 9.17) is 4.74 Å². The largest absolute Gasteiger partial charge is 0.488 e. The summed E-state index contributed by atoms with van der Waals surface area (Å²) in [4.78, 5) is 11.9. The number of halogens is 3. The minimum atomic E-state index is -4.57. The van der Waals surface area contributed by atoms with Gasteiger partial charge in [0.25, 0.3) is 5.91 Å². The molecule has 122 valence electrons. The standard InChI is InChI=1S/C14H13F3N4O2/c15-14(16,17)12-5-11(20-21-12)13(22)19-8-1-3-9(4-2-8)23-10-6-18-7-10/h1-5,10,18H,6-7H2,(H,19,22)(H,20,21). The Morgan fingerprint density at radius 1 is 1.26 bits per heavy atom. The average Bonchev–Trinajstić information content (AvgIpc) is 2.94. The van der Waals surface area contributed by atoms with Gasteiger partial charge in [-0.1, -0.05) is 0 Å². The molecule has 3 rings (SSSR count). The number of rotatable bonds is 4. The van der Waals surface area contributed by atoms with Crippen molar-refractivity contribution in [3.8, 4) is 5.75 Å². The maximum atomic E-state index is 12.5. The van der Waals surface area contributed by atoms with Crippen molar-refractivity contribution < 1.29 is 22.7 Å². The van der Waals surface area contributed by atoms with Gasteiger partial charge in [0.15, 0.2) is 5.69 Å². The Balaban J connectivity index is 1.61. The number of hydrogen-bond donors (Lipinski definition) is 3. The number of nitrogens with one attached hydrogen (secondary N) is 3. The molecule has 0 atom stereocenters.